The van der Waals surface area contributed by atoms with Gasteiger partial charge in [0.05, 0.1) is 11.1 Å². The van der Waals surface area contributed by atoms with Crippen LogP contribution in [-0.4, -0.2) is 19.1 Å². The van der Waals surface area contributed by atoms with Crippen molar-refractivity contribution in [3.05, 3.63) is 29.3 Å². The van der Waals surface area contributed by atoms with Gasteiger partial charge in [0, 0.05) is 12.8 Å². The maximum absolute atomic E-state index is 11.5. The zero-order chi connectivity index (χ0) is 12.8. The molecule has 0 radical (unpaired) electrons. The van der Waals surface area contributed by atoms with E-state index >= 15 is 0 Å². The summed E-state index contributed by atoms with van der Waals surface area (Å²) in [5.74, 6) is -0.305. The van der Waals surface area contributed by atoms with Gasteiger partial charge in [-0.25, -0.2) is 0 Å². The summed E-state index contributed by atoms with van der Waals surface area (Å²) in [6, 6.07) is 8.32. The molecule has 0 heterocycles. The Kier molecular flexibility index (Phi) is 4.21. The Balaban J connectivity index is 2.92. The quantitative estimate of drug-likeness (QED) is 0.848. The summed E-state index contributed by atoms with van der Waals surface area (Å²) in [5.41, 5.74) is 0.982. The second-order valence-electron chi connectivity index (χ2n) is 3.35. The highest BCUT2D eigenvalue weighted by Gasteiger charge is 2.12. The van der Waals surface area contributed by atoms with Crippen LogP contribution in [0.5, 0.6) is 0 Å². The van der Waals surface area contributed by atoms with Crippen molar-refractivity contribution in [1.29, 1.82) is 10.5 Å². The lowest BCUT2D eigenvalue weighted by Crippen LogP contribution is -2.26. The van der Waals surface area contributed by atoms with Gasteiger partial charge >= 0.3 is 0 Å². The number of nitrogens with zero attached hydrogens (tertiary/aromatic N) is 2. The van der Waals surface area contributed by atoms with E-state index in [9.17, 15) is 4.79 Å². The number of anilines is 1. The predicted octanol–water partition coefficient (Wildman–Crippen LogP) is 1.40. The summed E-state index contributed by atoms with van der Waals surface area (Å²) < 4.78 is 4.86. The molecule has 5 nitrogen and oxygen atoms in total. The van der Waals surface area contributed by atoms with Gasteiger partial charge in [-0.1, -0.05) is 0 Å². The average Bonchev–Trinajstić information content (AvgIpc) is 2.37. The van der Waals surface area contributed by atoms with E-state index in [2.05, 4.69) is 5.32 Å². The second kappa shape index (κ2) is 5.64. The van der Waals surface area contributed by atoms with E-state index < -0.39 is 6.10 Å². The van der Waals surface area contributed by atoms with E-state index in [0.717, 1.165) is 0 Å². The number of benzene rings is 1. The molecule has 0 aliphatic rings. The van der Waals surface area contributed by atoms with E-state index in [-0.39, 0.29) is 17.0 Å². The molecule has 0 spiro atoms. The highest BCUT2D eigenvalue weighted by atomic mass is 16.5. The Hall–Kier alpha value is -2.37. The molecule has 1 aromatic carbocycles. The number of hydrogen-bond donors (Lipinski definition) is 1. The number of nitrogens with one attached hydrogen (secondary N) is 1. The lowest BCUT2D eigenvalue weighted by Gasteiger charge is -2.10. The maximum atomic E-state index is 11.5. The molecule has 0 saturated heterocycles. The molecule has 0 bridgehead atoms. The minimum absolute atomic E-state index is 0.232. The number of methoxy groups -OCH3 is 1. The van der Waals surface area contributed by atoms with Gasteiger partial charge in [0.1, 0.15) is 18.2 Å². The minimum Gasteiger partial charge on any atom is -0.372 e. The molecular formula is C12H11N3O2. The van der Waals surface area contributed by atoms with Gasteiger partial charge in [0.25, 0.3) is 5.91 Å². The van der Waals surface area contributed by atoms with Crippen molar-refractivity contribution in [3.8, 4) is 12.1 Å². The standard InChI is InChI=1S/C12H11N3O2/c1-8(17-2)12(16)15-11-4-3-9(6-13)10(5-11)7-14/h3-5,8H,1-2H3,(H,15,16). The average molecular weight is 229 g/mol. The summed E-state index contributed by atoms with van der Waals surface area (Å²) >= 11 is 0. The Bertz CT molecular complexity index is 511. The summed E-state index contributed by atoms with van der Waals surface area (Å²) in [7, 11) is 1.43. The SMILES string of the molecule is COC(C)C(=O)Nc1ccc(C#N)c(C#N)c1. The van der Waals surface area contributed by atoms with Gasteiger partial charge in [0.15, 0.2) is 0 Å². The molecule has 17 heavy (non-hydrogen) atoms. The van der Waals surface area contributed by atoms with Crippen LogP contribution in [0.4, 0.5) is 5.69 Å². The molecule has 0 aliphatic carbocycles. The summed E-state index contributed by atoms with van der Waals surface area (Å²) in [6.45, 7) is 1.62. The van der Waals surface area contributed by atoms with Gasteiger partial charge in [-0.3, -0.25) is 4.79 Å². The number of hydrogen-bond acceptors (Lipinski definition) is 4. The third-order valence-electron chi connectivity index (χ3n) is 2.25. The third kappa shape index (κ3) is 3.04. The van der Waals surface area contributed by atoms with Gasteiger partial charge in [0.2, 0.25) is 0 Å². The fourth-order valence-corrected chi connectivity index (χ4v) is 1.16. The van der Waals surface area contributed by atoms with E-state index in [1.165, 1.54) is 19.2 Å². The summed E-state index contributed by atoms with van der Waals surface area (Å²) in [6.07, 6.45) is -0.573. The normalized spacial score (nSPS) is 11.1. The molecule has 5 heteroatoms. The van der Waals surface area contributed by atoms with Gasteiger partial charge < -0.3 is 10.1 Å². The Morgan fingerprint density at radius 2 is 2.00 bits per heavy atom. The number of carbonyl (C=O) groups excluding carboxylic acids is 1. The molecule has 0 fully saturated rings. The fraction of sp³-hybridized carbons (Fsp3) is 0.250. The van der Waals surface area contributed by atoms with Crippen LogP contribution in [0, 0.1) is 22.7 Å². The van der Waals surface area contributed by atoms with Crippen molar-refractivity contribution < 1.29 is 9.53 Å². The molecule has 0 aromatic heterocycles. The van der Waals surface area contributed by atoms with Crippen LogP contribution in [0.2, 0.25) is 0 Å². The Morgan fingerprint density at radius 3 is 2.53 bits per heavy atom. The summed E-state index contributed by atoms with van der Waals surface area (Å²) in [5, 5.41) is 20.2. The fourth-order valence-electron chi connectivity index (χ4n) is 1.16. The molecule has 1 amide bonds. The van der Waals surface area contributed by atoms with Crippen molar-refractivity contribution in [2.24, 2.45) is 0 Å². The van der Waals surface area contributed by atoms with Crippen LogP contribution >= 0.6 is 0 Å². The number of nitriles is 2. The van der Waals surface area contributed by atoms with E-state index in [1.54, 1.807) is 13.0 Å². The monoisotopic (exact) mass is 229 g/mol. The molecule has 1 aromatic rings. The number of carbonyl (C=O) groups is 1. The topological polar surface area (TPSA) is 85.9 Å². The first-order chi connectivity index (χ1) is 8.12. The van der Waals surface area contributed by atoms with Gasteiger partial charge in [-0.05, 0) is 25.1 Å². The van der Waals surface area contributed by atoms with Gasteiger partial charge in [-0.15, -0.1) is 0 Å². The molecular weight excluding hydrogens is 218 g/mol. The smallest absolute Gasteiger partial charge is 0.253 e. The molecule has 1 N–H and O–H groups in total. The molecule has 1 rings (SSSR count). The van der Waals surface area contributed by atoms with Crippen molar-refractivity contribution in [1.82, 2.24) is 0 Å². The number of amides is 1. The Morgan fingerprint density at radius 1 is 1.35 bits per heavy atom. The van der Waals surface area contributed by atoms with Crippen molar-refractivity contribution in [2.45, 2.75) is 13.0 Å². The van der Waals surface area contributed by atoms with Crippen LogP contribution in [0.15, 0.2) is 18.2 Å². The highest BCUT2D eigenvalue weighted by Crippen LogP contribution is 2.15. The first-order valence-corrected chi connectivity index (χ1v) is 4.90. The van der Waals surface area contributed by atoms with Crippen molar-refractivity contribution in [2.75, 3.05) is 12.4 Å². The van der Waals surface area contributed by atoms with Crippen LogP contribution in [0.3, 0.4) is 0 Å². The first-order valence-electron chi connectivity index (χ1n) is 4.90. The number of rotatable bonds is 3. The highest BCUT2D eigenvalue weighted by molar-refractivity contribution is 5.94. The van der Waals surface area contributed by atoms with Crippen LogP contribution < -0.4 is 5.32 Å². The zero-order valence-corrected chi connectivity index (χ0v) is 9.52. The lowest BCUT2D eigenvalue weighted by atomic mass is 10.1. The molecule has 86 valence electrons. The molecule has 1 unspecified atom stereocenters. The molecule has 0 saturated carbocycles. The zero-order valence-electron chi connectivity index (χ0n) is 9.52. The Labute approximate surface area is 99.2 Å². The van der Waals surface area contributed by atoms with Crippen LogP contribution in [0.1, 0.15) is 18.1 Å². The predicted molar refractivity (Wildman–Crippen MR) is 61.0 cm³/mol. The van der Waals surface area contributed by atoms with Gasteiger partial charge in [-0.2, -0.15) is 10.5 Å². The summed E-state index contributed by atoms with van der Waals surface area (Å²) in [4.78, 5) is 11.5. The van der Waals surface area contributed by atoms with Crippen LogP contribution in [0.25, 0.3) is 0 Å². The third-order valence-corrected chi connectivity index (χ3v) is 2.25. The lowest BCUT2D eigenvalue weighted by molar-refractivity contribution is -0.124. The number of ether oxygens (including phenoxy) is 1. The molecule has 0 aliphatic heterocycles. The van der Waals surface area contributed by atoms with E-state index in [1.807, 2.05) is 12.1 Å². The second-order valence-corrected chi connectivity index (χ2v) is 3.35. The van der Waals surface area contributed by atoms with Crippen molar-refractivity contribution in [3.63, 3.8) is 0 Å². The van der Waals surface area contributed by atoms with E-state index in [0.29, 0.717) is 5.69 Å². The largest absolute Gasteiger partial charge is 0.372 e. The minimum atomic E-state index is -0.573. The van der Waals surface area contributed by atoms with Crippen molar-refractivity contribution >= 4 is 11.6 Å². The molecule has 1 atom stereocenters. The maximum Gasteiger partial charge on any atom is 0.253 e. The van der Waals surface area contributed by atoms with Crippen LogP contribution in [-0.2, 0) is 9.53 Å². The van der Waals surface area contributed by atoms with E-state index in [4.69, 9.17) is 15.3 Å². The first kappa shape index (κ1) is 12.7.